The molecule has 0 unspecified atom stereocenters. The highest BCUT2D eigenvalue weighted by atomic mass is 32.2. The lowest BCUT2D eigenvalue weighted by molar-refractivity contribution is 0.752. The molecular weight excluding hydrogens is 190 g/mol. The summed E-state index contributed by atoms with van der Waals surface area (Å²) in [5, 5.41) is 3.28. The van der Waals surface area contributed by atoms with E-state index < -0.39 is 0 Å². The molecule has 1 aliphatic carbocycles. The second-order valence-corrected chi connectivity index (χ2v) is 5.67. The Hall–Kier alpha value is -0.470. The zero-order valence-corrected chi connectivity index (χ0v) is 9.66. The van der Waals surface area contributed by atoms with E-state index in [0.717, 1.165) is 6.54 Å². The predicted octanol–water partition coefficient (Wildman–Crippen LogP) is 2.84. The maximum absolute atomic E-state index is 3.28. The molecule has 0 atom stereocenters. The molecule has 0 aromatic heterocycles. The predicted molar refractivity (Wildman–Crippen MR) is 62.9 cm³/mol. The first kappa shape index (κ1) is 10.1. The average Bonchev–Trinajstić information content (AvgIpc) is 2.85. The first-order chi connectivity index (χ1) is 6.74. The van der Waals surface area contributed by atoms with Crippen molar-refractivity contribution in [2.75, 3.05) is 13.6 Å². The van der Waals surface area contributed by atoms with Crippen molar-refractivity contribution in [3.8, 4) is 0 Å². The quantitative estimate of drug-likeness (QED) is 0.815. The van der Waals surface area contributed by atoms with Crippen molar-refractivity contribution in [3.05, 3.63) is 29.8 Å². The van der Waals surface area contributed by atoms with Gasteiger partial charge < -0.3 is 5.32 Å². The van der Waals surface area contributed by atoms with Gasteiger partial charge >= 0.3 is 0 Å². The number of nitrogens with one attached hydrogen (secondary N) is 1. The molecule has 1 nitrogen and oxygen atoms in total. The van der Waals surface area contributed by atoms with Crippen LogP contribution in [-0.4, -0.2) is 18.3 Å². The standard InChI is InChI=1S/C12H17NS/c1-10-4-3-5-11(8-10)14-12(6-7-12)9-13-2/h3-5,8,13H,6-7,9H2,1-2H3. The van der Waals surface area contributed by atoms with Crippen molar-refractivity contribution in [1.82, 2.24) is 5.32 Å². The number of aryl methyl sites for hydroxylation is 1. The minimum Gasteiger partial charge on any atom is -0.318 e. The molecule has 0 aliphatic heterocycles. The molecule has 0 saturated heterocycles. The fraction of sp³-hybridized carbons (Fsp3) is 0.500. The van der Waals surface area contributed by atoms with Crippen LogP contribution < -0.4 is 5.32 Å². The molecule has 1 aliphatic rings. The third-order valence-corrected chi connectivity index (χ3v) is 4.11. The fourth-order valence-electron chi connectivity index (χ4n) is 1.71. The van der Waals surface area contributed by atoms with Gasteiger partial charge in [0.1, 0.15) is 0 Å². The van der Waals surface area contributed by atoms with Gasteiger partial charge in [0, 0.05) is 16.2 Å². The molecule has 0 spiro atoms. The third kappa shape index (κ3) is 2.31. The molecule has 1 fully saturated rings. The van der Waals surface area contributed by atoms with Crippen LogP contribution in [0, 0.1) is 6.92 Å². The Morgan fingerprint density at radius 1 is 1.43 bits per heavy atom. The normalized spacial score (nSPS) is 18.1. The number of hydrogen-bond donors (Lipinski definition) is 1. The van der Waals surface area contributed by atoms with Gasteiger partial charge in [0.2, 0.25) is 0 Å². The Bertz CT molecular complexity index is 318. The Kier molecular flexibility index (Phi) is 2.84. The van der Waals surface area contributed by atoms with Crippen molar-refractivity contribution >= 4 is 11.8 Å². The average molecular weight is 207 g/mol. The topological polar surface area (TPSA) is 12.0 Å². The Balaban J connectivity index is 2.03. The van der Waals surface area contributed by atoms with E-state index in [1.165, 1.54) is 23.3 Å². The van der Waals surface area contributed by atoms with Crippen LogP contribution in [0.25, 0.3) is 0 Å². The zero-order chi connectivity index (χ0) is 10.0. The molecule has 76 valence electrons. The minimum atomic E-state index is 0.503. The van der Waals surface area contributed by atoms with E-state index in [0.29, 0.717) is 4.75 Å². The lowest BCUT2D eigenvalue weighted by Crippen LogP contribution is -2.22. The van der Waals surface area contributed by atoms with Gasteiger partial charge in [0.05, 0.1) is 0 Å². The van der Waals surface area contributed by atoms with E-state index >= 15 is 0 Å². The van der Waals surface area contributed by atoms with Crippen LogP contribution in [0.1, 0.15) is 18.4 Å². The van der Waals surface area contributed by atoms with Crippen molar-refractivity contribution in [3.63, 3.8) is 0 Å². The van der Waals surface area contributed by atoms with Crippen LogP contribution in [0.3, 0.4) is 0 Å². The van der Waals surface area contributed by atoms with Crippen LogP contribution >= 0.6 is 11.8 Å². The molecular formula is C12H17NS. The maximum Gasteiger partial charge on any atom is 0.0332 e. The van der Waals surface area contributed by atoms with E-state index in [1.807, 2.05) is 18.8 Å². The van der Waals surface area contributed by atoms with Crippen molar-refractivity contribution < 1.29 is 0 Å². The summed E-state index contributed by atoms with van der Waals surface area (Å²) in [5.74, 6) is 0. The number of thioether (sulfide) groups is 1. The summed E-state index contributed by atoms with van der Waals surface area (Å²) >= 11 is 2.03. The summed E-state index contributed by atoms with van der Waals surface area (Å²) in [6.45, 7) is 3.29. The highest BCUT2D eigenvalue weighted by Gasteiger charge is 2.42. The second-order valence-electron chi connectivity index (χ2n) is 4.13. The summed E-state index contributed by atoms with van der Waals surface area (Å²) < 4.78 is 0.503. The smallest absolute Gasteiger partial charge is 0.0332 e. The van der Waals surface area contributed by atoms with Crippen LogP contribution in [-0.2, 0) is 0 Å². The largest absolute Gasteiger partial charge is 0.318 e. The van der Waals surface area contributed by atoms with Crippen molar-refractivity contribution in [2.45, 2.75) is 29.4 Å². The number of benzene rings is 1. The third-order valence-electron chi connectivity index (χ3n) is 2.63. The molecule has 0 amide bonds. The van der Waals surface area contributed by atoms with Gasteiger partial charge in [-0.3, -0.25) is 0 Å². The lowest BCUT2D eigenvalue weighted by Gasteiger charge is -2.14. The molecule has 14 heavy (non-hydrogen) atoms. The number of hydrogen-bond acceptors (Lipinski definition) is 2. The molecule has 1 aromatic carbocycles. The molecule has 0 radical (unpaired) electrons. The molecule has 0 heterocycles. The number of rotatable bonds is 4. The first-order valence-electron chi connectivity index (χ1n) is 5.14. The Morgan fingerprint density at radius 2 is 2.21 bits per heavy atom. The summed E-state index contributed by atoms with van der Waals surface area (Å²) in [6, 6.07) is 8.79. The summed E-state index contributed by atoms with van der Waals surface area (Å²) in [5.41, 5.74) is 1.36. The molecule has 2 rings (SSSR count). The minimum absolute atomic E-state index is 0.503. The van der Waals surface area contributed by atoms with E-state index in [9.17, 15) is 0 Å². The first-order valence-corrected chi connectivity index (χ1v) is 5.96. The molecule has 1 saturated carbocycles. The van der Waals surface area contributed by atoms with E-state index in [1.54, 1.807) is 0 Å². The van der Waals surface area contributed by atoms with E-state index in [4.69, 9.17) is 0 Å². The molecule has 2 heteroatoms. The summed E-state index contributed by atoms with van der Waals surface area (Å²) in [4.78, 5) is 1.41. The van der Waals surface area contributed by atoms with Crippen LogP contribution in [0.15, 0.2) is 29.2 Å². The van der Waals surface area contributed by atoms with Gasteiger partial charge in [-0.1, -0.05) is 17.7 Å². The molecule has 0 bridgehead atoms. The Morgan fingerprint density at radius 3 is 2.79 bits per heavy atom. The van der Waals surface area contributed by atoms with Gasteiger partial charge in [-0.05, 0) is 38.9 Å². The molecule has 1 N–H and O–H groups in total. The zero-order valence-electron chi connectivity index (χ0n) is 8.84. The van der Waals surface area contributed by atoms with E-state index in [-0.39, 0.29) is 0 Å². The second kappa shape index (κ2) is 3.95. The highest BCUT2D eigenvalue weighted by molar-refractivity contribution is 8.01. The van der Waals surface area contributed by atoms with Crippen molar-refractivity contribution in [1.29, 1.82) is 0 Å². The SMILES string of the molecule is CNCC1(Sc2cccc(C)c2)CC1. The van der Waals surface area contributed by atoms with Gasteiger partial charge in [-0.2, -0.15) is 0 Å². The van der Waals surface area contributed by atoms with Gasteiger partial charge in [-0.25, -0.2) is 0 Å². The maximum atomic E-state index is 3.28. The van der Waals surface area contributed by atoms with Crippen molar-refractivity contribution in [2.24, 2.45) is 0 Å². The summed E-state index contributed by atoms with van der Waals surface area (Å²) in [6.07, 6.45) is 2.71. The highest BCUT2D eigenvalue weighted by Crippen LogP contribution is 2.51. The Labute approximate surface area is 90.3 Å². The lowest BCUT2D eigenvalue weighted by atomic mass is 10.2. The molecule has 1 aromatic rings. The van der Waals surface area contributed by atoms with Crippen LogP contribution in [0.5, 0.6) is 0 Å². The van der Waals surface area contributed by atoms with Gasteiger partial charge in [0.15, 0.2) is 0 Å². The van der Waals surface area contributed by atoms with Gasteiger partial charge in [-0.15, -0.1) is 11.8 Å². The monoisotopic (exact) mass is 207 g/mol. The van der Waals surface area contributed by atoms with Crippen LogP contribution in [0.2, 0.25) is 0 Å². The fourth-order valence-corrected chi connectivity index (χ4v) is 3.12. The van der Waals surface area contributed by atoms with Crippen LogP contribution in [0.4, 0.5) is 0 Å². The van der Waals surface area contributed by atoms with Gasteiger partial charge in [0.25, 0.3) is 0 Å². The summed E-state index contributed by atoms with van der Waals surface area (Å²) in [7, 11) is 2.04. The van der Waals surface area contributed by atoms with E-state index in [2.05, 4.69) is 36.5 Å².